The molecule has 0 spiro atoms. The van der Waals surface area contributed by atoms with Crippen LogP contribution in [0.25, 0.3) is 0 Å². The Bertz CT molecular complexity index is 439. The van der Waals surface area contributed by atoms with E-state index in [0.717, 1.165) is 6.07 Å². The van der Waals surface area contributed by atoms with Crippen LogP contribution in [0.4, 0.5) is 18.9 Å². The summed E-state index contributed by atoms with van der Waals surface area (Å²) in [6.45, 7) is 1.12. The molecule has 0 unspecified atom stereocenters. The third-order valence-electron chi connectivity index (χ3n) is 3.34. The smallest absolute Gasteiger partial charge is 0.398 e. The molecular formula is C12H15F3N2O. The van der Waals surface area contributed by atoms with Crippen LogP contribution in [0.3, 0.4) is 0 Å². The summed E-state index contributed by atoms with van der Waals surface area (Å²) < 4.78 is 38.2. The normalized spacial score (nSPS) is 19.8. The lowest BCUT2D eigenvalue weighted by atomic mass is 9.83. The molecule has 1 heterocycles. The maximum atomic E-state index is 12.7. The Morgan fingerprint density at radius 3 is 2.39 bits per heavy atom. The van der Waals surface area contributed by atoms with Gasteiger partial charge < -0.3 is 16.2 Å². The summed E-state index contributed by atoms with van der Waals surface area (Å²) in [5.41, 5.74) is 3.25. The molecule has 0 amide bonds. The van der Waals surface area contributed by atoms with Crippen LogP contribution in [0.1, 0.15) is 24.0 Å². The lowest BCUT2D eigenvalue weighted by Crippen LogP contribution is -2.40. The van der Waals surface area contributed by atoms with Gasteiger partial charge in [-0.15, -0.1) is 0 Å². The summed E-state index contributed by atoms with van der Waals surface area (Å²) in [4.78, 5) is 0. The van der Waals surface area contributed by atoms with Crippen LogP contribution in [0.15, 0.2) is 18.2 Å². The number of halogens is 3. The Kier molecular flexibility index (Phi) is 3.25. The molecule has 0 aliphatic carbocycles. The van der Waals surface area contributed by atoms with Gasteiger partial charge in [0.1, 0.15) is 0 Å². The minimum atomic E-state index is -4.50. The van der Waals surface area contributed by atoms with Gasteiger partial charge in [-0.2, -0.15) is 13.2 Å². The van der Waals surface area contributed by atoms with Gasteiger partial charge in [-0.3, -0.25) is 0 Å². The zero-order valence-electron chi connectivity index (χ0n) is 9.72. The molecule has 0 bridgehead atoms. The highest BCUT2D eigenvalue weighted by atomic mass is 19.4. The lowest BCUT2D eigenvalue weighted by molar-refractivity contribution is -0.137. The molecule has 1 aromatic carbocycles. The summed E-state index contributed by atoms with van der Waals surface area (Å²) in [6.07, 6.45) is -3.78. The number of nitrogens with two attached hydrogens (primary N) is 1. The number of para-hydroxylation sites is 1. The minimum absolute atomic E-state index is 0.179. The summed E-state index contributed by atoms with van der Waals surface area (Å²) >= 11 is 0. The van der Waals surface area contributed by atoms with Crippen molar-refractivity contribution < 1.29 is 18.3 Å². The van der Waals surface area contributed by atoms with E-state index in [9.17, 15) is 18.3 Å². The Balaban J connectivity index is 2.45. The molecule has 0 aromatic heterocycles. The van der Waals surface area contributed by atoms with Crippen LogP contribution in [-0.4, -0.2) is 18.2 Å². The Hall–Kier alpha value is -1.27. The van der Waals surface area contributed by atoms with Crippen molar-refractivity contribution in [3.05, 3.63) is 29.3 Å². The van der Waals surface area contributed by atoms with Gasteiger partial charge in [0.05, 0.1) is 11.2 Å². The quantitative estimate of drug-likeness (QED) is 0.675. The van der Waals surface area contributed by atoms with Crippen molar-refractivity contribution in [3.63, 3.8) is 0 Å². The average molecular weight is 260 g/mol. The summed E-state index contributed by atoms with van der Waals surface area (Å²) in [5.74, 6) is 0. The van der Waals surface area contributed by atoms with Crippen molar-refractivity contribution in [1.82, 2.24) is 5.32 Å². The third kappa shape index (κ3) is 2.30. The molecule has 6 heteroatoms. The first-order valence-electron chi connectivity index (χ1n) is 5.74. The van der Waals surface area contributed by atoms with Crippen LogP contribution in [0, 0.1) is 0 Å². The predicted molar refractivity (Wildman–Crippen MR) is 61.9 cm³/mol. The van der Waals surface area contributed by atoms with Gasteiger partial charge in [0.2, 0.25) is 0 Å². The molecule has 18 heavy (non-hydrogen) atoms. The first kappa shape index (κ1) is 13.2. The molecule has 1 aliphatic heterocycles. The second kappa shape index (κ2) is 4.44. The van der Waals surface area contributed by atoms with Crippen molar-refractivity contribution in [3.8, 4) is 0 Å². The highest BCUT2D eigenvalue weighted by Gasteiger charge is 2.38. The largest absolute Gasteiger partial charge is 0.418 e. The fraction of sp³-hybridized carbons (Fsp3) is 0.500. The van der Waals surface area contributed by atoms with Gasteiger partial charge in [-0.1, -0.05) is 12.1 Å². The number of hydrogen-bond donors (Lipinski definition) is 3. The van der Waals surface area contributed by atoms with Gasteiger partial charge in [-0.05, 0) is 32.0 Å². The molecule has 1 fully saturated rings. The standard InChI is InChI=1S/C12H15F3N2O/c13-12(14,15)9-3-1-2-8(10(9)16)11(18)4-6-17-7-5-11/h1-3,17-18H,4-7,16H2. The summed E-state index contributed by atoms with van der Waals surface area (Å²) in [5, 5.41) is 13.5. The molecule has 1 aromatic rings. The number of nitrogens with one attached hydrogen (secondary N) is 1. The lowest BCUT2D eigenvalue weighted by Gasteiger charge is -2.34. The van der Waals surface area contributed by atoms with E-state index >= 15 is 0 Å². The van der Waals surface area contributed by atoms with Crippen molar-refractivity contribution in [2.75, 3.05) is 18.8 Å². The first-order valence-corrected chi connectivity index (χ1v) is 5.74. The van der Waals surface area contributed by atoms with Crippen molar-refractivity contribution in [2.45, 2.75) is 24.6 Å². The van der Waals surface area contributed by atoms with Gasteiger partial charge in [0.15, 0.2) is 0 Å². The molecule has 1 aliphatic rings. The number of anilines is 1. The number of aliphatic hydroxyl groups is 1. The predicted octanol–water partition coefficient (Wildman–Crippen LogP) is 1.86. The van der Waals surface area contributed by atoms with Crippen LogP contribution in [-0.2, 0) is 11.8 Å². The Labute approximate surface area is 103 Å². The highest BCUT2D eigenvalue weighted by Crippen LogP contribution is 2.40. The van der Waals surface area contributed by atoms with Gasteiger partial charge >= 0.3 is 6.18 Å². The number of benzene rings is 1. The van der Waals surface area contributed by atoms with E-state index in [-0.39, 0.29) is 11.3 Å². The molecule has 100 valence electrons. The Morgan fingerprint density at radius 2 is 1.83 bits per heavy atom. The molecule has 1 saturated heterocycles. The number of nitrogen functional groups attached to an aromatic ring is 1. The van der Waals surface area contributed by atoms with Crippen molar-refractivity contribution in [2.24, 2.45) is 0 Å². The molecular weight excluding hydrogens is 245 g/mol. The van der Waals surface area contributed by atoms with E-state index in [1.807, 2.05) is 0 Å². The minimum Gasteiger partial charge on any atom is -0.398 e. The molecule has 0 atom stereocenters. The maximum Gasteiger partial charge on any atom is 0.418 e. The molecule has 2 rings (SSSR count). The third-order valence-corrected chi connectivity index (χ3v) is 3.34. The molecule has 3 nitrogen and oxygen atoms in total. The topological polar surface area (TPSA) is 58.3 Å². The average Bonchev–Trinajstić information content (AvgIpc) is 2.28. The van der Waals surface area contributed by atoms with Crippen LogP contribution < -0.4 is 11.1 Å². The summed E-state index contributed by atoms with van der Waals surface area (Å²) in [7, 11) is 0. The SMILES string of the molecule is Nc1c(C(F)(F)F)cccc1C1(O)CCNCC1. The van der Waals surface area contributed by atoms with Gasteiger partial charge in [0, 0.05) is 11.3 Å². The maximum absolute atomic E-state index is 12.7. The van der Waals surface area contributed by atoms with Gasteiger partial charge in [-0.25, -0.2) is 0 Å². The molecule has 0 saturated carbocycles. The second-order valence-electron chi connectivity index (χ2n) is 4.55. The zero-order valence-corrected chi connectivity index (χ0v) is 9.72. The summed E-state index contributed by atoms with van der Waals surface area (Å²) in [6, 6.07) is 3.69. The van der Waals surface area contributed by atoms with E-state index in [0.29, 0.717) is 25.9 Å². The van der Waals surface area contributed by atoms with Crippen molar-refractivity contribution >= 4 is 5.69 Å². The second-order valence-corrected chi connectivity index (χ2v) is 4.55. The Morgan fingerprint density at radius 1 is 1.22 bits per heavy atom. The number of piperidine rings is 1. The highest BCUT2D eigenvalue weighted by molar-refractivity contribution is 5.57. The number of rotatable bonds is 1. The molecule has 4 N–H and O–H groups in total. The van der Waals surface area contributed by atoms with E-state index in [2.05, 4.69) is 5.32 Å². The zero-order chi connectivity index (χ0) is 13.4. The monoisotopic (exact) mass is 260 g/mol. The van der Waals surface area contributed by atoms with Crippen LogP contribution >= 0.6 is 0 Å². The fourth-order valence-electron chi connectivity index (χ4n) is 2.33. The van der Waals surface area contributed by atoms with E-state index in [1.54, 1.807) is 0 Å². The van der Waals surface area contributed by atoms with Crippen molar-refractivity contribution in [1.29, 1.82) is 0 Å². The molecule has 0 radical (unpaired) electrons. The van der Waals surface area contributed by atoms with Gasteiger partial charge in [0.25, 0.3) is 0 Å². The number of alkyl halides is 3. The van der Waals surface area contributed by atoms with E-state index in [4.69, 9.17) is 5.73 Å². The fourth-order valence-corrected chi connectivity index (χ4v) is 2.33. The van der Waals surface area contributed by atoms with E-state index in [1.165, 1.54) is 12.1 Å². The first-order chi connectivity index (χ1) is 8.34. The van der Waals surface area contributed by atoms with Crippen LogP contribution in [0.2, 0.25) is 0 Å². The van der Waals surface area contributed by atoms with E-state index < -0.39 is 17.3 Å². The number of hydrogen-bond acceptors (Lipinski definition) is 3. The van der Waals surface area contributed by atoms with Crippen LogP contribution in [0.5, 0.6) is 0 Å².